The second-order valence-corrected chi connectivity index (χ2v) is 7.31. The molecule has 0 bridgehead atoms. The van der Waals surface area contributed by atoms with Crippen molar-refractivity contribution in [3.05, 3.63) is 39.9 Å². The number of hydrogen-bond acceptors (Lipinski definition) is 6. The lowest BCUT2D eigenvalue weighted by Crippen LogP contribution is -2.28. The van der Waals surface area contributed by atoms with E-state index in [0.717, 1.165) is 0 Å². The zero-order valence-electron chi connectivity index (χ0n) is 11.9. The lowest BCUT2D eigenvalue weighted by molar-refractivity contribution is -0.384. The molecule has 1 fully saturated rings. The van der Waals surface area contributed by atoms with Crippen LogP contribution in [-0.2, 0) is 14.6 Å². The minimum absolute atomic E-state index is 0.0126. The van der Waals surface area contributed by atoms with E-state index < -0.39 is 26.6 Å². The maximum absolute atomic E-state index is 11.9. The molecule has 1 saturated heterocycles. The fourth-order valence-corrected chi connectivity index (χ4v) is 3.88. The van der Waals surface area contributed by atoms with Crippen LogP contribution in [0.4, 0.5) is 5.69 Å². The summed E-state index contributed by atoms with van der Waals surface area (Å²) in [5, 5.41) is 14.6. The second-order valence-electron chi connectivity index (χ2n) is 5.08. The molecule has 0 radical (unpaired) electrons. The first-order valence-electron chi connectivity index (χ1n) is 6.58. The van der Waals surface area contributed by atoms with Crippen molar-refractivity contribution >= 4 is 27.1 Å². The molecule has 1 heterocycles. The van der Waals surface area contributed by atoms with Gasteiger partial charge in [-0.2, -0.15) is 5.10 Å². The molecular weight excluding hydrogens is 310 g/mol. The topological polar surface area (TPSA) is 119 Å². The monoisotopic (exact) mass is 325 g/mol. The van der Waals surface area contributed by atoms with Crippen LogP contribution < -0.4 is 5.43 Å². The van der Waals surface area contributed by atoms with Crippen molar-refractivity contribution in [3.8, 4) is 0 Å². The summed E-state index contributed by atoms with van der Waals surface area (Å²) < 4.78 is 22.7. The largest absolute Gasteiger partial charge is 0.273 e. The summed E-state index contributed by atoms with van der Waals surface area (Å²) in [6.45, 7) is 1.60. The Balaban J connectivity index is 2.05. The average molecular weight is 325 g/mol. The summed E-state index contributed by atoms with van der Waals surface area (Å²) in [6, 6.07) is 5.87. The molecule has 1 amide bonds. The second kappa shape index (κ2) is 6.22. The number of carbonyl (C=O) groups is 1. The maximum Gasteiger partial charge on any atom is 0.270 e. The minimum atomic E-state index is -3.13. The number of hydrazone groups is 1. The van der Waals surface area contributed by atoms with Crippen molar-refractivity contribution in [2.45, 2.75) is 13.3 Å². The first-order chi connectivity index (χ1) is 10.3. The van der Waals surface area contributed by atoms with E-state index in [2.05, 4.69) is 10.5 Å². The Bertz CT molecular complexity index is 742. The Labute approximate surface area is 127 Å². The lowest BCUT2D eigenvalue weighted by Gasteiger charge is -2.06. The van der Waals surface area contributed by atoms with E-state index in [-0.39, 0.29) is 17.2 Å². The molecule has 1 atom stereocenters. The molecule has 8 nitrogen and oxygen atoms in total. The summed E-state index contributed by atoms with van der Waals surface area (Å²) in [4.78, 5) is 22.1. The molecule has 1 aromatic rings. The van der Waals surface area contributed by atoms with E-state index in [1.165, 1.54) is 18.2 Å². The molecule has 0 saturated carbocycles. The Hall–Kier alpha value is -2.29. The van der Waals surface area contributed by atoms with Crippen LogP contribution in [0.3, 0.4) is 0 Å². The van der Waals surface area contributed by atoms with E-state index >= 15 is 0 Å². The number of benzene rings is 1. The van der Waals surface area contributed by atoms with E-state index in [4.69, 9.17) is 0 Å². The van der Waals surface area contributed by atoms with Crippen molar-refractivity contribution in [1.82, 2.24) is 5.43 Å². The number of nitrogens with zero attached hydrogens (tertiary/aromatic N) is 2. The van der Waals surface area contributed by atoms with Crippen LogP contribution >= 0.6 is 0 Å². The van der Waals surface area contributed by atoms with Crippen molar-refractivity contribution in [3.63, 3.8) is 0 Å². The van der Waals surface area contributed by atoms with Crippen LogP contribution in [0.1, 0.15) is 18.9 Å². The third kappa shape index (κ3) is 3.88. The number of sulfone groups is 1. The van der Waals surface area contributed by atoms with Gasteiger partial charge in [0.25, 0.3) is 5.69 Å². The van der Waals surface area contributed by atoms with Crippen molar-refractivity contribution < 1.29 is 18.1 Å². The molecule has 1 aliphatic rings. The smallest absolute Gasteiger partial charge is 0.270 e. The van der Waals surface area contributed by atoms with Gasteiger partial charge >= 0.3 is 0 Å². The number of carbonyl (C=O) groups excluding carboxylic acids is 1. The molecule has 0 spiro atoms. The number of amides is 1. The average Bonchev–Trinajstić information content (AvgIpc) is 2.84. The van der Waals surface area contributed by atoms with Gasteiger partial charge < -0.3 is 0 Å². The molecule has 2 rings (SSSR count). The quantitative estimate of drug-likeness (QED) is 0.500. The fraction of sp³-hybridized carbons (Fsp3) is 0.385. The van der Waals surface area contributed by atoms with Crippen LogP contribution in [0.5, 0.6) is 0 Å². The molecule has 118 valence electrons. The van der Waals surface area contributed by atoms with Gasteiger partial charge in [0.2, 0.25) is 5.91 Å². The molecule has 1 aromatic carbocycles. The maximum atomic E-state index is 11.9. The molecule has 9 heteroatoms. The summed E-state index contributed by atoms with van der Waals surface area (Å²) in [7, 11) is -3.13. The van der Waals surface area contributed by atoms with E-state index in [9.17, 15) is 23.3 Å². The van der Waals surface area contributed by atoms with Crippen LogP contribution in [-0.4, -0.2) is 36.5 Å². The highest BCUT2D eigenvalue weighted by atomic mass is 32.2. The van der Waals surface area contributed by atoms with Crippen LogP contribution in [0.25, 0.3) is 0 Å². The van der Waals surface area contributed by atoms with Crippen LogP contribution in [0, 0.1) is 16.0 Å². The molecule has 1 aliphatic heterocycles. The minimum Gasteiger partial charge on any atom is -0.273 e. The molecule has 1 N–H and O–H groups in total. The number of rotatable bonds is 4. The SMILES string of the molecule is C/C(=N/NC(=O)[C@@H]1CCS(=O)(=O)C1)c1cccc([N+](=O)[O-])c1. The summed E-state index contributed by atoms with van der Waals surface area (Å²) in [5.74, 6) is -1.19. The zero-order chi connectivity index (χ0) is 16.3. The Morgan fingerprint density at radius 1 is 1.45 bits per heavy atom. The number of nitro groups is 1. The van der Waals surface area contributed by atoms with Gasteiger partial charge in [0.05, 0.1) is 28.1 Å². The van der Waals surface area contributed by atoms with Gasteiger partial charge in [-0.05, 0) is 13.3 Å². The highest BCUT2D eigenvalue weighted by Gasteiger charge is 2.32. The number of hydrogen-bond donors (Lipinski definition) is 1. The van der Waals surface area contributed by atoms with E-state index in [1.54, 1.807) is 13.0 Å². The number of non-ortho nitro benzene ring substituents is 1. The Morgan fingerprint density at radius 3 is 2.77 bits per heavy atom. The molecule has 0 aliphatic carbocycles. The highest BCUT2D eigenvalue weighted by Crippen LogP contribution is 2.18. The van der Waals surface area contributed by atoms with Gasteiger partial charge in [0.15, 0.2) is 9.84 Å². The van der Waals surface area contributed by atoms with Crippen molar-refractivity contribution in [1.29, 1.82) is 0 Å². The number of nitro benzene ring substituents is 1. The molecule has 22 heavy (non-hydrogen) atoms. The predicted molar refractivity (Wildman–Crippen MR) is 80.2 cm³/mol. The van der Waals surface area contributed by atoms with Crippen molar-refractivity contribution in [2.75, 3.05) is 11.5 Å². The Morgan fingerprint density at radius 2 is 2.18 bits per heavy atom. The van der Waals surface area contributed by atoms with Crippen LogP contribution in [0.15, 0.2) is 29.4 Å². The normalized spacial score (nSPS) is 20.6. The van der Waals surface area contributed by atoms with Gasteiger partial charge in [-0.25, -0.2) is 13.8 Å². The summed E-state index contributed by atoms with van der Waals surface area (Å²) >= 11 is 0. The molecule has 0 unspecified atom stereocenters. The van der Waals surface area contributed by atoms with Gasteiger partial charge in [-0.15, -0.1) is 0 Å². The van der Waals surface area contributed by atoms with Gasteiger partial charge in [-0.1, -0.05) is 12.1 Å². The summed E-state index contributed by atoms with van der Waals surface area (Å²) in [6.07, 6.45) is 0.291. The highest BCUT2D eigenvalue weighted by molar-refractivity contribution is 7.91. The van der Waals surface area contributed by atoms with E-state index in [1.807, 2.05) is 0 Å². The lowest BCUT2D eigenvalue weighted by atomic mass is 10.1. The van der Waals surface area contributed by atoms with Crippen LogP contribution in [0.2, 0.25) is 0 Å². The predicted octanol–water partition coefficient (Wildman–Crippen LogP) is 0.870. The van der Waals surface area contributed by atoms with Gasteiger partial charge in [-0.3, -0.25) is 14.9 Å². The standard InChI is InChI=1S/C13H15N3O5S/c1-9(10-3-2-4-12(7-10)16(18)19)14-15-13(17)11-5-6-22(20,21)8-11/h2-4,7,11H,5-6,8H2,1H3,(H,15,17)/b14-9-/t11-/m1/s1. The third-order valence-corrected chi connectivity index (χ3v) is 5.18. The first-order valence-corrected chi connectivity index (χ1v) is 8.40. The van der Waals surface area contributed by atoms with E-state index in [0.29, 0.717) is 17.7 Å². The third-order valence-electron chi connectivity index (χ3n) is 3.41. The van der Waals surface area contributed by atoms with Gasteiger partial charge in [0.1, 0.15) is 0 Å². The number of nitrogens with one attached hydrogen (secondary N) is 1. The molecule has 0 aromatic heterocycles. The summed E-state index contributed by atoms with van der Waals surface area (Å²) in [5.41, 5.74) is 3.16. The van der Waals surface area contributed by atoms with Crippen molar-refractivity contribution in [2.24, 2.45) is 11.0 Å². The zero-order valence-corrected chi connectivity index (χ0v) is 12.7. The Kier molecular flexibility index (Phi) is 4.55. The first kappa shape index (κ1) is 16.1. The fourth-order valence-electron chi connectivity index (χ4n) is 2.14. The molecular formula is C13H15N3O5S. The van der Waals surface area contributed by atoms with Gasteiger partial charge in [0, 0.05) is 17.7 Å².